The molecular formula is C10H9F3O. The van der Waals surface area contributed by atoms with E-state index in [1.807, 2.05) is 0 Å². The van der Waals surface area contributed by atoms with Crippen molar-refractivity contribution >= 4 is 5.78 Å². The van der Waals surface area contributed by atoms with Crippen LogP contribution in [0.4, 0.5) is 13.2 Å². The maximum atomic E-state index is 12.4. The third-order valence-electron chi connectivity index (χ3n) is 1.93. The van der Waals surface area contributed by atoms with Crippen LogP contribution in [0.2, 0.25) is 0 Å². The lowest BCUT2D eigenvalue weighted by Crippen LogP contribution is -2.12. The maximum Gasteiger partial charge on any atom is 0.417 e. The van der Waals surface area contributed by atoms with Crippen molar-refractivity contribution in [1.82, 2.24) is 0 Å². The van der Waals surface area contributed by atoms with Crippen LogP contribution in [-0.2, 0) is 6.18 Å². The minimum atomic E-state index is -4.47. The molecule has 0 saturated carbocycles. The first kappa shape index (κ1) is 10.8. The summed E-state index contributed by atoms with van der Waals surface area (Å²) in [6.07, 6.45) is -4.47. The molecule has 0 heterocycles. The number of carbonyl (C=O) groups excluding carboxylic acids is 1. The fourth-order valence-corrected chi connectivity index (χ4v) is 1.37. The Morgan fingerprint density at radius 1 is 1.29 bits per heavy atom. The molecule has 14 heavy (non-hydrogen) atoms. The van der Waals surface area contributed by atoms with Crippen LogP contribution in [0.1, 0.15) is 28.4 Å². The van der Waals surface area contributed by atoms with Gasteiger partial charge < -0.3 is 0 Å². The number of carbonyl (C=O) groups is 1. The molecule has 0 unspecified atom stereocenters. The molecule has 0 fully saturated rings. The van der Waals surface area contributed by atoms with Gasteiger partial charge in [-0.3, -0.25) is 4.79 Å². The molecule has 0 aliphatic rings. The fraction of sp³-hybridized carbons (Fsp3) is 0.300. The quantitative estimate of drug-likeness (QED) is 0.639. The van der Waals surface area contributed by atoms with E-state index in [9.17, 15) is 18.0 Å². The summed E-state index contributed by atoms with van der Waals surface area (Å²) in [4.78, 5) is 11.0. The largest absolute Gasteiger partial charge is 0.417 e. The van der Waals surface area contributed by atoms with Gasteiger partial charge in [0.15, 0.2) is 5.78 Å². The smallest absolute Gasteiger partial charge is 0.294 e. The van der Waals surface area contributed by atoms with Crippen molar-refractivity contribution in [1.29, 1.82) is 0 Å². The summed E-state index contributed by atoms with van der Waals surface area (Å²) in [5, 5.41) is 0. The van der Waals surface area contributed by atoms with Crippen LogP contribution in [0.3, 0.4) is 0 Å². The second-order valence-corrected chi connectivity index (χ2v) is 3.05. The molecule has 0 bridgehead atoms. The number of aryl methyl sites for hydroxylation is 1. The molecule has 0 amide bonds. The molecule has 0 saturated heterocycles. The zero-order valence-electron chi connectivity index (χ0n) is 7.77. The third-order valence-corrected chi connectivity index (χ3v) is 1.93. The average Bonchev–Trinajstić information content (AvgIpc) is 2.01. The summed E-state index contributed by atoms with van der Waals surface area (Å²) in [6, 6.07) is 3.71. The first-order valence-electron chi connectivity index (χ1n) is 4.02. The molecule has 76 valence electrons. The summed E-state index contributed by atoms with van der Waals surface area (Å²) in [6.45, 7) is 2.63. The summed E-state index contributed by atoms with van der Waals surface area (Å²) in [7, 11) is 0. The Morgan fingerprint density at radius 3 is 2.21 bits per heavy atom. The highest BCUT2D eigenvalue weighted by atomic mass is 19.4. The number of benzene rings is 1. The topological polar surface area (TPSA) is 17.1 Å². The van der Waals surface area contributed by atoms with E-state index in [-0.39, 0.29) is 5.56 Å². The van der Waals surface area contributed by atoms with Crippen molar-refractivity contribution in [2.24, 2.45) is 0 Å². The molecular weight excluding hydrogens is 193 g/mol. The molecule has 4 heteroatoms. The Hall–Kier alpha value is -1.32. The predicted molar refractivity (Wildman–Crippen MR) is 46.2 cm³/mol. The van der Waals surface area contributed by atoms with Crippen LogP contribution in [0.25, 0.3) is 0 Å². The lowest BCUT2D eigenvalue weighted by molar-refractivity contribution is -0.137. The Labute approximate surface area is 79.5 Å². The molecule has 0 atom stereocenters. The number of hydrogen-bond donors (Lipinski definition) is 0. The first-order valence-corrected chi connectivity index (χ1v) is 4.02. The summed E-state index contributed by atoms with van der Waals surface area (Å²) in [5.74, 6) is -0.560. The van der Waals surface area contributed by atoms with Crippen molar-refractivity contribution in [2.75, 3.05) is 0 Å². The number of halogens is 3. The van der Waals surface area contributed by atoms with Gasteiger partial charge in [0.05, 0.1) is 5.56 Å². The zero-order valence-corrected chi connectivity index (χ0v) is 7.77. The SMILES string of the molecule is CC(=O)c1c(C)cccc1C(F)(F)F. The molecule has 0 spiro atoms. The molecule has 0 aromatic heterocycles. The van der Waals surface area contributed by atoms with Gasteiger partial charge in [-0.15, -0.1) is 0 Å². The van der Waals surface area contributed by atoms with Crippen molar-refractivity contribution in [3.63, 3.8) is 0 Å². The van der Waals surface area contributed by atoms with E-state index in [4.69, 9.17) is 0 Å². The van der Waals surface area contributed by atoms with Gasteiger partial charge >= 0.3 is 6.18 Å². The number of alkyl halides is 3. The van der Waals surface area contributed by atoms with Crippen LogP contribution in [0, 0.1) is 6.92 Å². The van der Waals surface area contributed by atoms with Gasteiger partial charge in [-0.2, -0.15) is 13.2 Å². The monoisotopic (exact) mass is 202 g/mol. The summed E-state index contributed by atoms with van der Waals surface area (Å²) < 4.78 is 37.3. The highest BCUT2D eigenvalue weighted by Gasteiger charge is 2.34. The molecule has 0 aliphatic carbocycles. The molecule has 0 radical (unpaired) electrons. The number of rotatable bonds is 1. The van der Waals surface area contributed by atoms with Crippen LogP contribution < -0.4 is 0 Å². The van der Waals surface area contributed by atoms with Gasteiger partial charge in [-0.1, -0.05) is 12.1 Å². The number of hydrogen-bond acceptors (Lipinski definition) is 1. The van der Waals surface area contributed by atoms with Gasteiger partial charge in [0, 0.05) is 5.56 Å². The average molecular weight is 202 g/mol. The zero-order chi connectivity index (χ0) is 10.9. The van der Waals surface area contributed by atoms with Crippen molar-refractivity contribution < 1.29 is 18.0 Å². The van der Waals surface area contributed by atoms with E-state index < -0.39 is 17.5 Å². The van der Waals surface area contributed by atoms with E-state index in [0.717, 1.165) is 13.0 Å². The van der Waals surface area contributed by atoms with E-state index in [1.165, 1.54) is 19.1 Å². The van der Waals surface area contributed by atoms with Crippen LogP contribution in [-0.4, -0.2) is 5.78 Å². The second-order valence-electron chi connectivity index (χ2n) is 3.05. The van der Waals surface area contributed by atoms with Crippen LogP contribution >= 0.6 is 0 Å². The first-order chi connectivity index (χ1) is 6.34. The highest BCUT2D eigenvalue weighted by molar-refractivity contribution is 5.97. The third kappa shape index (κ3) is 1.95. The second kappa shape index (κ2) is 3.44. The van der Waals surface area contributed by atoms with Crippen LogP contribution in [0.5, 0.6) is 0 Å². The van der Waals surface area contributed by atoms with Gasteiger partial charge in [0.2, 0.25) is 0 Å². The van der Waals surface area contributed by atoms with E-state index >= 15 is 0 Å². The summed E-state index contributed by atoms with van der Waals surface area (Å²) >= 11 is 0. The summed E-state index contributed by atoms with van der Waals surface area (Å²) in [5.41, 5.74) is -0.739. The Bertz CT molecular complexity index is 366. The minimum absolute atomic E-state index is 0.236. The van der Waals surface area contributed by atoms with Gasteiger partial charge in [-0.05, 0) is 25.5 Å². The lowest BCUT2D eigenvalue weighted by Gasteiger charge is -2.12. The normalized spacial score (nSPS) is 11.5. The molecule has 1 nitrogen and oxygen atoms in total. The van der Waals surface area contributed by atoms with Gasteiger partial charge in [0.25, 0.3) is 0 Å². The van der Waals surface area contributed by atoms with Gasteiger partial charge in [-0.25, -0.2) is 0 Å². The minimum Gasteiger partial charge on any atom is -0.294 e. The fourth-order valence-electron chi connectivity index (χ4n) is 1.37. The van der Waals surface area contributed by atoms with E-state index in [2.05, 4.69) is 0 Å². The van der Waals surface area contributed by atoms with Crippen molar-refractivity contribution in [2.45, 2.75) is 20.0 Å². The standard InChI is InChI=1S/C10H9F3O/c1-6-4-3-5-8(10(11,12)13)9(6)7(2)14/h3-5H,1-2H3. The Balaban J connectivity index is 3.44. The predicted octanol–water partition coefficient (Wildman–Crippen LogP) is 3.22. The lowest BCUT2D eigenvalue weighted by atomic mass is 9.99. The van der Waals surface area contributed by atoms with Gasteiger partial charge in [0.1, 0.15) is 0 Å². The molecule has 1 aromatic rings. The molecule has 1 rings (SSSR count). The molecule has 0 aliphatic heterocycles. The Kier molecular flexibility index (Phi) is 2.64. The number of ketones is 1. The van der Waals surface area contributed by atoms with Crippen molar-refractivity contribution in [3.05, 3.63) is 34.9 Å². The highest BCUT2D eigenvalue weighted by Crippen LogP contribution is 2.33. The van der Waals surface area contributed by atoms with Crippen molar-refractivity contribution in [3.8, 4) is 0 Å². The van der Waals surface area contributed by atoms with Crippen LogP contribution in [0.15, 0.2) is 18.2 Å². The maximum absolute atomic E-state index is 12.4. The van der Waals surface area contributed by atoms with E-state index in [0.29, 0.717) is 5.56 Å². The Morgan fingerprint density at radius 2 is 1.86 bits per heavy atom. The van der Waals surface area contributed by atoms with E-state index in [1.54, 1.807) is 0 Å². The molecule has 0 N–H and O–H groups in total. The molecule has 1 aromatic carbocycles. The number of Topliss-reactive ketones (excluding diaryl/α,β-unsaturated/α-hetero) is 1.